The molecule has 102 valence electrons. The van der Waals surface area contributed by atoms with Crippen LogP contribution in [0.25, 0.3) is 0 Å². The first-order chi connectivity index (χ1) is 8.31. The first kappa shape index (κ1) is 15.1. The van der Waals surface area contributed by atoms with Crippen molar-refractivity contribution in [3.05, 3.63) is 35.1 Å². The molecule has 0 aromatic heterocycles. The molecule has 2 atom stereocenters. The highest BCUT2D eigenvalue weighted by Crippen LogP contribution is 2.33. The lowest BCUT2D eigenvalue weighted by molar-refractivity contribution is -0.0121. The van der Waals surface area contributed by atoms with Gasteiger partial charge < -0.3 is 4.74 Å². The average molecular weight is 254 g/mol. The summed E-state index contributed by atoms with van der Waals surface area (Å²) in [6, 6.07) is 4.54. The molecule has 0 spiro atoms. The zero-order valence-electron chi connectivity index (χ0n) is 11.8. The van der Waals surface area contributed by atoms with Crippen LogP contribution in [-0.4, -0.2) is 13.2 Å². The molecule has 2 unspecified atom stereocenters. The number of rotatable bonds is 4. The quantitative estimate of drug-likeness (QED) is 0.641. The summed E-state index contributed by atoms with van der Waals surface area (Å²) >= 11 is 0. The highest BCUT2D eigenvalue weighted by atomic mass is 19.1. The Morgan fingerprint density at radius 3 is 2.33 bits per heavy atom. The van der Waals surface area contributed by atoms with Crippen molar-refractivity contribution in [1.82, 2.24) is 5.43 Å². The molecule has 18 heavy (non-hydrogen) atoms. The Morgan fingerprint density at radius 1 is 1.33 bits per heavy atom. The van der Waals surface area contributed by atoms with Gasteiger partial charge in [-0.1, -0.05) is 26.8 Å². The number of nitrogens with two attached hydrogens (primary N) is 1. The lowest BCUT2D eigenvalue weighted by atomic mass is 9.81. The predicted octanol–water partition coefficient (Wildman–Crippen LogP) is 2.70. The van der Waals surface area contributed by atoms with E-state index in [9.17, 15) is 4.39 Å². The number of nitrogens with one attached hydrogen (secondary N) is 1. The molecular formula is C14H23FN2O. The van der Waals surface area contributed by atoms with E-state index >= 15 is 0 Å². The Balaban J connectivity index is 3.16. The van der Waals surface area contributed by atoms with E-state index in [1.54, 1.807) is 13.2 Å². The Bertz CT molecular complexity index is 401. The highest BCUT2D eigenvalue weighted by Gasteiger charge is 2.33. The fourth-order valence-electron chi connectivity index (χ4n) is 2.32. The number of halogens is 1. The molecule has 0 fully saturated rings. The van der Waals surface area contributed by atoms with Gasteiger partial charge in [0.1, 0.15) is 5.82 Å². The van der Waals surface area contributed by atoms with Crippen molar-refractivity contribution >= 4 is 0 Å². The van der Waals surface area contributed by atoms with Gasteiger partial charge in [0.2, 0.25) is 0 Å². The second-order valence-electron chi connectivity index (χ2n) is 5.67. The van der Waals surface area contributed by atoms with Crippen molar-refractivity contribution in [2.75, 3.05) is 7.11 Å². The summed E-state index contributed by atoms with van der Waals surface area (Å²) in [6.45, 7) is 8.14. The van der Waals surface area contributed by atoms with Gasteiger partial charge in [0.15, 0.2) is 0 Å². The maximum Gasteiger partial charge on any atom is 0.123 e. The van der Waals surface area contributed by atoms with E-state index in [0.717, 1.165) is 11.1 Å². The Labute approximate surface area is 108 Å². The summed E-state index contributed by atoms with van der Waals surface area (Å²) in [5, 5.41) is 0. The van der Waals surface area contributed by atoms with Crippen LogP contribution < -0.4 is 11.3 Å². The molecule has 3 nitrogen and oxygen atoms in total. The standard InChI is InChI=1S/C14H23FN2O/c1-9-8-10(15)6-7-11(9)12(17-16)13(18-5)14(2,3)4/h6-8,12-13,17H,16H2,1-5H3. The predicted molar refractivity (Wildman–Crippen MR) is 71.5 cm³/mol. The van der Waals surface area contributed by atoms with Crippen LogP contribution in [0.2, 0.25) is 0 Å². The smallest absolute Gasteiger partial charge is 0.123 e. The molecule has 1 aromatic rings. The number of methoxy groups -OCH3 is 1. The fourth-order valence-corrected chi connectivity index (χ4v) is 2.32. The van der Waals surface area contributed by atoms with Crippen molar-refractivity contribution < 1.29 is 9.13 Å². The third-order valence-electron chi connectivity index (χ3n) is 3.16. The Hall–Kier alpha value is -0.970. The minimum Gasteiger partial charge on any atom is -0.379 e. The summed E-state index contributed by atoms with van der Waals surface area (Å²) in [7, 11) is 1.67. The lowest BCUT2D eigenvalue weighted by Crippen LogP contribution is -2.44. The first-order valence-electron chi connectivity index (χ1n) is 6.06. The van der Waals surface area contributed by atoms with Gasteiger partial charge in [0.05, 0.1) is 12.1 Å². The van der Waals surface area contributed by atoms with Crippen LogP contribution in [-0.2, 0) is 4.74 Å². The number of aryl methyl sites for hydroxylation is 1. The molecule has 0 saturated carbocycles. The largest absolute Gasteiger partial charge is 0.379 e. The summed E-state index contributed by atoms with van der Waals surface area (Å²) < 4.78 is 18.7. The van der Waals surface area contributed by atoms with Gasteiger partial charge in [0.25, 0.3) is 0 Å². The summed E-state index contributed by atoms with van der Waals surface area (Å²) in [5.41, 5.74) is 4.54. The zero-order valence-corrected chi connectivity index (χ0v) is 11.8. The van der Waals surface area contributed by atoms with Crippen LogP contribution in [0.5, 0.6) is 0 Å². The van der Waals surface area contributed by atoms with E-state index < -0.39 is 0 Å². The van der Waals surface area contributed by atoms with Crippen molar-refractivity contribution in [2.24, 2.45) is 11.3 Å². The topological polar surface area (TPSA) is 47.3 Å². The fraction of sp³-hybridized carbons (Fsp3) is 0.571. The number of hydrazine groups is 1. The molecule has 3 N–H and O–H groups in total. The summed E-state index contributed by atoms with van der Waals surface area (Å²) in [6.07, 6.45) is -0.105. The van der Waals surface area contributed by atoms with Crippen molar-refractivity contribution in [1.29, 1.82) is 0 Å². The second kappa shape index (κ2) is 5.78. The van der Waals surface area contributed by atoms with Crippen LogP contribution in [0.15, 0.2) is 18.2 Å². The SMILES string of the molecule is COC(C(NN)c1ccc(F)cc1C)C(C)(C)C. The Kier molecular flexibility index (Phi) is 4.85. The van der Waals surface area contributed by atoms with E-state index in [1.165, 1.54) is 12.1 Å². The minimum atomic E-state index is -0.239. The molecule has 0 heterocycles. The van der Waals surface area contributed by atoms with Gasteiger partial charge in [-0.15, -0.1) is 0 Å². The van der Waals surface area contributed by atoms with Gasteiger partial charge in [0, 0.05) is 7.11 Å². The molecular weight excluding hydrogens is 231 g/mol. The number of ether oxygens (including phenoxy) is 1. The number of hydrogen-bond donors (Lipinski definition) is 2. The molecule has 0 aliphatic heterocycles. The van der Waals surface area contributed by atoms with Crippen molar-refractivity contribution in [2.45, 2.75) is 39.8 Å². The van der Waals surface area contributed by atoms with Gasteiger partial charge in [-0.25, -0.2) is 4.39 Å². The Morgan fingerprint density at radius 2 is 1.94 bits per heavy atom. The van der Waals surface area contributed by atoms with E-state index in [-0.39, 0.29) is 23.4 Å². The van der Waals surface area contributed by atoms with E-state index in [4.69, 9.17) is 10.6 Å². The number of benzene rings is 1. The molecule has 0 saturated heterocycles. The third-order valence-corrected chi connectivity index (χ3v) is 3.16. The second-order valence-corrected chi connectivity index (χ2v) is 5.67. The van der Waals surface area contributed by atoms with Gasteiger partial charge in [-0.3, -0.25) is 11.3 Å². The molecule has 4 heteroatoms. The highest BCUT2D eigenvalue weighted by molar-refractivity contribution is 5.30. The molecule has 0 aliphatic rings. The van der Waals surface area contributed by atoms with Crippen molar-refractivity contribution in [3.8, 4) is 0 Å². The van der Waals surface area contributed by atoms with Crippen LogP contribution >= 0.6 is 0 Å². The number of hydrogen-bond acceptors (Lipinski definition) is 3. The molecule has 1 aromatic carbocycles. The van der Waals surface area contributed by atoms with Gasteiger partial charge >= 0.3 is 0 Å². The van der Waals surface area contributed by atoms with Crippen LogP contribution in [0.3, 0.4) is 0 Å². The zero-order chi connectivity index (χ0) is 13.9. The maximum atomic E-state index is 13.1. The van der Waals surface area contributed by atoms with E-state index in [2.05, 4.69) is 26.2 Å². The van der Waals surface area contributed by atoms with Crippen molar-refractivity contribution in [3.63, 3.8) is 0 Å². The molecule has 0 aliphatic carbocycles. The van der Waals surface area contributed by atoms with E-state index in [1.807, 2.05) is 6.92 Å². The summed E-state index contributed by atoms with van der Waals surface area (Å²) in [4.78, 5) is 0. The molecule has 0 radical (unpaired) electrons. The third kappa shape index (κ3) is 3.28. The molecule has 1 rings (SSSR count). The molecule has 0 amide bonds. The van der Waals surface area contributed by atoms with Gasteiger partial charge in [-0.2, -0.15) is 0 Å². The minimum absolute atomic E-state index is 0.0768. The first-order valence-corrected chi connectivity index (χ1v) is 6.06. The van der Waals surface area contributed by atoms with Gasteiger partial charge in [-0.05, 0) is 35.6 Å². The lowest BCUT2D eigenvalue weighted by Gasteiger charge is -2.36. The van der Waals surface area contributed by atoms with Crippen LogP contribution in [0, 0.1) is 18.2 Å². The maximum absolute atomic E-state index is 13.1. The average Bonchev–Trinajstić information content (AvgIpc) is 2.25. The van der Waals surface area contributed by atoms with E-state index in [0.29, 0.717) is 0 Å². The monoisotopic (exact) mass is 254 g/mol. The molecule has 0 bridgehead atoms. The van der Waals surface area contributed by atoms with Crippen LogP contribution in [0.1, 0.15) is 37.9 Å². The summed E-state index contributed by atoms with van der Waals surface area (Å²) in [5.74, 6) is 5.42. The normalized spacial score (nSPS) is 15.5. The van der Waals surface area contributed by atoms with Crippen LogP contribution in [0.4, 0.5) is 4.39 Å².